The van der Waals surface area contributed by atoms with Crippen LogP contribution in [0, 0.1) is 5.92 Å². The second-order valence-corrected chi connectivity index (χ2v) is 7.04. The van der Waals surface area contributed by atoms with E-state index in [1.54, 1.807) is 6.08 Å². The Morgan fingerprint density at radius 1 is 1.26 bits per heavy atom. The van der Waals surface area contributed by atoms with Crippen LogP contribution in [-0.4, -0.2) is 34.7 Å². The van der Waals surface area contributed by atoms with Gasteiger partial charge in [-0.15, -0.1) is 0 Å². The van der Waals surface area contributed by atoms with E-state index in [0.717, 1.165) is 24.3 Å². The molecule has 1 aliphatic heterocycles. The van der Waals surface area contributed by atoms with Gasteiger partial charge in [-0.2, -0.15) is 11.8 Å². The van der Waals surface area contributed by atoms with Crippen LogP contribution in [0.25, 0.3) is 0 Å². The van der Waals surface area contributed by atoms with E-state index in [0.29, 0.717) is 12.5 Å². The molecule has 2 aliphatic rings. The Balaban J connectivity index is 1.70. The molecule has 0 atom stereocenters. The van der Waals surface area contributed by atoms with Crippen LogP contribution in [0.15, 0.2) is 12.2 Å². The van der Waals surface area contributed by atoms with Crippen molar-refractivity contribution in [3.63, 3.8) is 0 Å². The minimum absolute atomic E-state index is 0.0581. The summed E-state index contributed by atoms with van der Waals surface area (Å²) in [6.45, 7) is 0.390. The largest absolute Gasteiger partial charge is 0.388 e. The zero-order chi connectivity index (χ0) is 13.6. The average molecular weight is 283 g/mol. The Bertz CT molecular complexity index is 318. The lowest BCUT2D eigenvalue weighted by molar-refractivity contribution is -0.117. The fourth-order valence-corrected chi connectivity index (χ4v) is 4.04. The summed E-state index contributed by atoms with van der Waals surface area (Å²) in [5, 5.41) is 13.1. The highest BCUT2D eigenvalue weighted by Crippen LogP contribution is 2.26. The van der Waals surface area contributed by atoms with Gasteiger partial charge < -0.3 is 10.4 Å². The van der Waals surface area contributed by atoms with Crippen molar-refractivity contribution in [1.29, 1.82) is 0 Å². The van der Waals surface area contributed by atoms with Crippen LogP contribution in [-0.2, 0) is 4.79 Å². The van der Waals surface area contributed by atoms with E-state index in [-0.39, 0.29) is 5.91 Å². The van der Waals surface area contributed by atoms with Gasteiger partial charge in [0.2, 0.25) is 5.91 Å². The molecule has 0 radical (unpaired) electrons. The Kier molecular flexibility index (Phi) is 5.76. The van der Waals surface area contributed by atoms with Gasteiger partial charge in [-0.25, -0.2) is 0 Å². The molecule has 0 aromatic heterocycles. The Morgan fingerprint density at radius 2 is 1.95 bits per heavy atom. The van der Waals surface area contributed by atoms with E-state index in [9.17, 15) is 9.90 Å². The first-order valence-electron chi connectivity index (χ1n) is 7.44. The third-order valence-electron chi connectivity index (χ3n) is 4.18. The summed E-state index contributed by atoms with van der Waals surface area (Å²) >= 11 is 1.87. The molecule has 1 aliphatic carbocycles. The minimum atomic E-state index is -0.681. The first-order chi connectivity index (χ1) is 9.18. The molecule has 2 rings (SSSR count). The number of hydrogen-bond donors (Lipinski definition) is 2. The number of carbonyl (C=O) groups is 1. The van der Waals surface area contributed by atoms with Crippen molar-refractivity contribution in [2.45, 2.75) is 50.5 Å². The van der Waals surface area contributed by atoms with Crippen molar-refractivity contribution in [3.8, 4) is 0 Å². The Labute approximate surface area is 120 Å². The molecule has 2 N–H and O–H groups in total. The maximum atomic E-state index is 11.8. The van der Waals surface area contributed by atoms with Crippen LogP contribution >= 0.6 is 11.8 Å². The van der Waals surface area contributed by atoms with E-state index in [1.807, 2.05) is 11.8 Å². The van der Waals surface area contributed by atoms with Gasteiger partial charge >= 0.3 is 0 Å². The summed E-state index contributed by atoms with van der Waals surface area (Å²) in [7, 11) is 0. The zero-order valence-corrected chi connectivity index (χ0v) is 12.4. The van der Waals surface area contributed by atoms with Crippen molar-refractivity contribution in [1.82, 2.24) is 5.32 Å². The number of rotatable bonds is 4. The van der Waals surface area contributed by atoms with Gasteiger partial charge in [0.25, 0.3) is 0 Å². The summed E-state index contributed by atoms with van der Waals surface area (Å²) in [5.41, 5.74) is -0.681. The van der Waals surface area contributed by atoms with Crippen LogP contribution in [0.2, 0.25) is 0 Å². The summed E-state index contributed by atoms with van der Waals surface area (Å²) in [4.78, 5) is 11.8. The Morgan fingerprint density at radius 3 is 2.63 bits per heavy atom. The van der Waals surface area contributed by atoms with Crippen molar-refractivity contribution in [3.05, 3.63) is 12.2 Å². The van der Waals surface area contributed by atoms with E-state index in [2.05, 4.69) is 11.4 Å². The molecule has 3 nitrogen and oxygen atoms in total. The molecule has 0 unspecified atom stereocenters. The lowest BCUT2D eigenvalue weighted by Gasteiger charge is -2.31. The summed E-state index contributed by atoms with van der Waals surface area (Å²) in [6, 6.07) is 0. The fraction of sp³-hybridized carbons (Fsp3) is 0.800. The molecule has 2 fully saturated rings. The lowest BCUT2D eigenvalue weighted by Crippen LogP contribution is -2.45. The van der Waals surface area contributed by atoms with Gasteiger partial charge in [-0.05, 0) is 49.2 Å². The van der Waals surface area contributed by atoms with Gasteiger partial charge in [0, 0.05) is 6.54 Å². The van der Waals surface area contributed by atoms with Crippen LogP contribution in [0.4, 0.5) is 0 Å². The highest BCUT2D eigenvalue weighted by atomic mass is 32.2. The molecule has 0 aromatic carbocycles. The van der Waals surface area contributed by atoms with E-state index >= 15 is 0 Å². The minimum Gasteiger partial charge on any atom is -0.388 e. The summed E-state index contributed by atoms with van der Waals surface area (Å²) < 4.78 is 0. The van der Waals surface area contributed by atoms with E-state index in [1.165, 1.54) is 32.1 Å². The highest BCUT2D eigenvalue weighted by molar-refractivity contribution is 7.99. The molecule has 19 heavy (non-hydrogen) atoms. The van der Waals surface area contributed by atoms with Gasteiger partial charge in [0.1, 0.15) is 0 Å². The monoisotopic (exact) mass is 283 g/mol. The van der Waals surface area contributed by atoms with Crippen LogP contribution in [0.3, 0.4) is 0 Å². The molecule has 1 saturated carbocycles. The molecule has 1 heterocycles. The predicted molar refractivity (Wildman–Crippen MR) is 80.2 cm³/mol. The smallest absolute Gasteiger partial charge is 0.243 e. The third kappa shape index (κ3) is 5.19. The molecule has 0 aromatic rings. The maximum Gasteiger partial charge on any atom is 0.243 e. The molecule has 4 heteroatoms. The van der Waals surface area contributed by atoms with Gasteiger partial charge in [0.15, 0.2) is 0 Å². The second-order valence-electron chi connectivity index (χ2n) is 5.81. The van der Waals surface area contributed by atoms with E-state index in [4.69, 9.17) is 0 Å². The SMILES string of the molecule is O=C(C=CC1CCCCC1)NCC1(O)CCSCC1. The number of carbonyl (C=O) groups excluding carboxylic acids is 1. The van der Waals surface area contributed by atoms with Crippen LogP contribution in [0.5, 0.6) is 0 Å². The van der Waals surface area contributed by atoms with Crippen molar-refractivity contribution in [2.24, 2.45) is 5.92 Å². The van der Waals surface area contributed by atoms with Crippen LogP contribution < -0.4 is 5.32 Å². The molecule has 1 amide bonds. The summed E-state index contributed by atoms with van der Waals surface area (Å²) in [6.07, 6.45) is 11.6. The van der Waals surface area contributed by atoms with E-state index < -0.39 is 5.60 Å². The quantitative estimate of drug-likeness (QED) is 0.779. The standard InChI is InChI=1S/C15H25NO2S/c17-14(7-6-13-4-2-1-3-5-13)16-12-15(18)8-10-19-11-9-15/h6-7,13,18H,1-5,8-12H2,(H,16,17). The molecule has 0 bridgehead atoms. The number of nitrogens with one attached hydrogen (secondary N) is 1. The van der Waals surface area contributed by atoms with Gasteiger partial charge in [-0.3, -0.25) is 4.79 Å². The number of allylic oxidation sites excluding steroid dienone is 1. The predicted octanol–water partition coefficient (Wildman–Crippen LogP) is 2.50. The topological polar surface area (TPSA) is 49.3 Å². The first kappa shape index (κ1) is 14.9. The van der Waals surface area contributed by atoms with Gasteiger partial charge in [0.05, 0.1) is 5.60 Å². The molecule has 1 saturated heterocycles. The molecule has 108 valence electrons. The maximum absolute atomic E-state index is 11.8. The third-order valence-corrected chi connectivity index (χ3v) is 5.17. The molecular weight excluding hydrogens is 258 g/mol. The normalized spacial score (nSPS) is 24.5. The highest BCUT2D eigenvalue weighted by Gasteiger charge is 2.29. The number of thioether (sulfide) groups is 1. The number of amides is 1. The zero-order valence-electron chi connectivity index (χ0n) is 11.6. The lowest BCUT2D eigenvalue weighted by atomic mass is 9.89. The number of hydrogen-bond acceptors (Lipinski definition) is 3. The second kappa shape index (κ2) is 7.34. The number of aliphatic hydroxyl groups is 1. The van der Waals surface area contributed by atoms with Crippen molar-refractivity contribution < 1.29 is 9.90 Å². The fourth-order valence-electron chi connectivity index (χ4n) is 2.79. The molecule has 0 spiro atoms. The molecular formula is C15H25NO2S. The average Bonchev–Trinajstić information content (AvgIpc) is 2.45. The first-order valence-corrected chi connectivity index (χ1v) is 8.60. The van der Waals surface area contributed by atoms with Crippen molar-refractivity contribution in [2.75, 3.05) is 18.1 Å². The summed E-state index contributed by atoms with van der Waals surface area (Å²) in [5.74, 6) is 2.50. The Hall–Kier alpha value is -0.480. The van der Waals surface area contributed by atoms with Crippen molar-refractivity contribution >= 4 is 17.7 Å². The van der Waals surface area contributed by atoms with Gasteiger partial charge in [-0.1, -0.05) is 25.3 Å². The van der Waals surface area contributed by atoms with Crippen LogP contribution in [0.1, 0.15) is 44.9 Å².